The molecule has 1 saturated heterocycles. The number of likely N-dealkylation sites (tertiary alicyclic amines) is 1. The number of hydrogen-bond donors (Lipinski definition) is 0. The van der Waals surface area contributed by atoms with E-state index in [0.717, 1.165) is 19.3 Å². The predicted molar refractivity (Wildman–Crippen MR) is 36.6 cm³/mol. The molecule has 1 aliphatic rings. The summed E-state index contributed by atoms with van der Waals surface area (Å²) < 4.78 is 12.1. The lowest BCUT2D eigenvalue weighted by atomic mass is 10.0. The van der Waals surface area contributed by atoms with Gasteiger partial charge in [-0.3, -0.25) is 9.29 Å². The number of aldehydes is 1. The van der Waals surface area contributed by atoms with Crippen LogP contribution in [-0.4, -0.2) is 37.5 Å². The standard InChI is InChI=1S/C7H12FNO/c1-9-3-2-6(4-8)7(9)5-10/h5-7H,2-4H2,1H3. The van der Waals surface area contributed by atoms with Gasteiger partial charge in [0.25, 0.3) is 0 Å². The SMILES string of the molecule is CN1CCC(CF)C1C=O. The highest BCUT2D eigenvalue weighted by Gasteiger charge is 2.30. The Labute approximate surface area is 60.0 Å². The first-order chi connectivity index (χ1) is 4.79. The molecule has 0 aliphatic carbocycles. The van der Waals surface area contributed by atoms with Gasteiger partial charge in [0.05, 0.1) is 12.7 Å². The van der Waals surface area contributed by atoms with Gasteiger partial charge in [-0.2, -0.15) is 0 Å². The number of halogens is 1. The van der Waals surface area contributed by atoms with Gasteiger partial charge in [0.15, 0.2) is 0 Å². The van der Waals surface area contributed by atoms with Crippen LogP contribution in [0.2, 0.25) is 0 Å². The first-order valence-corrected chi connectivity index (χ1v) is 3.51. The molecule has 3 heteroatoms. The van der Waals surface area contributed by atoms with E-state index >= 15 is 0 Å². The Balaban J connectivity index is 2.53. The van der Waals surface area contributed by atoms with Gasteiger partial charge >= 0.3 is 0 Å². The summed E-state index contributed by atoms with van der Waals surface area (Å²) >= 11 is 0. The highest BCUT2D eigenvalue weighted by molar-refractivity contribution is 5.58. The minimum atomic E-state index is -0.367. The van der Waals surface area contributed by atoms with Crippen LogP contribution in [0.25, 0.3) is 0 Å². The van der Waals surface area contributed by atoms with Gasteiger partial charge in [-0.25, -0.2) is 0 Å². The summed E-state index contributed by atoms with van der Waals surface area (Å²) in [6.07, 6.45) is 1.66. The van der Waals surface area contributed by atoms with Crippen molar-refractivity contribution in [2.24, 2.45) is 5.92 Å². The number of nitrogens with zero attached hydrogens (tertiary/aromatic N) is 1. The maximum absolute atomic E-state index is 12.1. The molecule has 0 aromatic carbocycles. The Morgan fingerprint density at radius 2 is 2.50 bits per heavy atom. The third-order valence-electron chi connectivity index (χ3n) is 2.18. The van der Waals surface area contributed by atoms with E-state index in [1.807, 2.05) is 11.9 Å². The summed E-state index contributed by atoms with van der Waals surface area (Å²) in [5.41, 5.74) is 0. The lowest BCUT2D eigenvalue weighted by molar-refractivity contribution is -0.112. The largest absolute Gasteiger partial charge is 0.302 e. The fourth-order valence-corrected chi connectivity index (χ4v) is 1.43. The van der Waals surface area contributed by atoms with Crippen molar-refractivity contribution in [3.05, 3.63) is 0 Å². The van der Waals surface area contributed by atoms with Gasteiger partial charge in [-0.05, 0) is 20.0 Å². The summed E-state index contributed by atoms with van der Waals surface area (Å²) in [6.45, 7) is 0.478. The van der Waals surface area contributed by atoms with E-state index in [0.29, 0.717) is 0 Å². The molecule has 0 radical (unpaired) electrons. The quantitative estimate of drug-likeness (QED) is 0.526. The first-order valence-electron chi connectivity index (χ1n) is 3.51. The minimum absolute atomic E-state index is 0.0532. The fourth-order valence-electron chi connectivity index (χ4n) is 1.43. The van der Waals surface area contributed by atoms with Crippen molar-refractivity contribution in [1.29, 1.82) is 0 Å². The Kier molecular flexibility index (Phi) is 2.38. The molecule has 0 N–H and O–H groups in total. The zero-order chi connectivity index (χ0) is 7.56. The molecule has 2 unspecified atom stereocenters. The average molecular weight is 145 g/mol. The van der Waals surface area contributed by atoms with E-state index in [1.54, 1.807) is 0 Å². The average Bonchev–Trinajstić information content (AvgIpc) is 2.30. The second-order valence-electron chi connectivity index (χ2n) is 2.81. The van der Waals surface area contributed by atoms with Crippen molar-refractivity contribution in [1.82, 2.24) is 4.90 Å². The van der Waals surface area contributed by atoms with Crippen LogP contribution in [-0.2, 0) is 4.79 Å². The van der Waals surface area contributed by atoms with E-state index < -0.39 is 0 Å². The van der Waals surface area contributed by atoms with Gasteiger partial charge in [0.2, 0.25) is 0 Å². The number of rotatable bonds is 2. The summed E-state index contributed by atoms with van der Waals surface area (Å²) in [5, 5.41) is 0. The van der Waals surface area contributed by atoms with Gasteiger partial charge < -0.3 is 4.79 Å². The van der Waals surface area contributed by atoms with Crippen LogP contribution < -0.4 is 0 Å². The molecule has 2 nitrogen and oxygen atoms in total. The van der Waals surface area contributed by atoms with Crippen molar-refractivity contribution < 1.29 is 9.18 Å². The molecule has 0 amide bonds. The molecule has 0 aromatic heterocycles. The topological polar surface area (TPSA) is 20.3 Å². The minimum Gasteiger partial charge on any atom is -0.302 e. The Morgan fingerprint density at radius 1 is 1.80 bits per heavy atom. The Hall–Kier alpha value is -0.440. The number of likely N-dealkylation sites (N-methyl/N-ethyl adjacent to an activating group) is 1. The van der Waals surface area contributed by atoms with Crippen LogP contribution in [0.5, 0.6) is 0 Å². The predicted octanol–water partition coefficient (Wildman–Crippen LogP) is 0.475. The molecule has 0 aromatic rings. The highest BCUT2D eigenvalue weighted by Crippen LogP contribution is 2.21. The van der Waals surface area contributed by atoms with E-state index in [2.05, 4.69) is 0 Å². The van der Waals surface area contributed by atoms with Crippen molar-refractivity contribution in [3.8, 4) is 0 Å². The summed E-state index contributed by atoms with van der Waals surface area (Å²) in [6, 6.07) is -0.176. The molecule has 1 aliphatic heterocycles. The smallest absolute Gasteiger partial charge is 0.137 e. The van der Waals surface area contributed by atoms with Crippen LogP contribution in [0.3, 0.4) is 0 Å². The molecule has 2 atom stereocenters. The Bertz CT molecular complexity index is 129. The first kappa shape index (κ1) is 7.66. The molecule has 1 fully saturated rings. The summed E-state index contributed by atoms with van der Waals surface area (Å²) in [4.78, 5) is 12.3. The molecule has 1 rings (SSSR count). The maximum atomic E-state index is 12.1. The van der Waals surface area contributed by atoms with Gasteiger partial charge in [-0.1, -0.05) is 0 Å². The normalized spacial score (nSPS) is 34.6. The van der Waals surface area contributed by atoms with Crippen LogP contribution in [0, 0.1) is 5.92 Å². The van der Waals surface area contributed by atoms with Crippen molar-refractivity contribution in [3.63, 3.8) is 0 Å². The third kappa shape index (κ3) is 1.19. The van der Waals surface area contributed by atoms with Crippen molar-refractivity contribution >= 4 is 6.29 Å². The molecular formula is C7H12FNO. The fraction of sp³-hybridized carbons (Fsp3) is 0.857. The van der Waals surface area contributed by atoms with Crippen LogP contribution in [0.15, 0.2) is 0 Å². The van der Waals surface area contributed by atoms with Crippen LogP contribution in [0.4, 0.5) is 4.39 Å². The second kappa shape index (κ2) is 3.10. The molecule has 0 spiro atoms. The zero-order valence-corrected chi connectivity index (χ0v) is 6.09. The summed E-state index contributed by atoms with van der Waals surface area (Å²) in [5.74, 6) is -0.0532. The van der Waals surface area contributed by atoms with Crippen molar-refractivity contribution in [2.75, 3.05) is 20.3 Å². The lowest BCUT2D eigenvalue weighted by Crippen LogP contribution is -2.31. The Morgan fingerprint density at radius 3 is 2.90 bits per heavy atom. The molecule has 10 heavy (non-hydrogen) atoms. The third-order valence-corrected chi connectivity index (χ3v) is 2.18. The van der Waals surface area contributed by atoms with Gasteiger partial charge in [0, 0.05) is 5.92 Å². The van der Waals surface area contributed by atoms with Gasteiger partial charge in [0.1, 0.15) is 6.29 Å². The monoisotopic (exact) mass is 145 g/mol. The molecule has 1 heterocycles. The molecule has 0 saturated carbocycles. The molecule has 0 bridgehead atoms. The lowest BCUT2D eigenvalue weighted by Gasteiger charge is -2.15. The zero-order valence-electron chi connectivity index (χ0n) is 6.09. The van der Waals surface area contributed by atoms with Crippen LogP contribution >= 0.6 is 0 Å². The van der Waals surface area contributed by atoms with Crippen LogP contribution in [0.1, 0.15) is 6.42 Å². The number of carbonyl (C=O) groups is 1. The number of carbonyl (C=O) groups excluding carboxylic acids is 1. The van der Waals surface area contributed by atoms with E-state index in [1.165, 1.54) is 0 Å². The second-order valence-corrected chi connectivity index (χ2v) is 2.81. The van der Waals surface area contributed by atoms with E-state index in [-0.39, 0.29) is 18.6 Å². The number of hydrogen-bond acceptors (Lipinski definition) is 2. The van der Waals surface area contributed by atoms with E-state index in [9.17, 15) is 9.18 Å². The summed E-state index contributed by atoms with van der Waals surface area (Å²) in [7, 11) is 1.86. The van der Waals surface area contributed by atoms with Crippen molar-refractivity contribution in [2.45, 2.75) is 12.5 Å². The highest BCUT2D eigenvalue weighted by atomic mass is 19.1. The number of alkyl halides is 1. The molecule has 58 valence electrons. The maximum Gasteiger partial charge on any atom is 0.137 e. The molecular weight excluding hydrogens is 133 g/mol. The van der Waals surface area contributed by atoms with E-state index in [4.69, 9.17) is 0 Å². The van der Waals surface area contributed by atoms with Gasteiger partial charge in [-0.15, -0.1) is 0 Å².